The third-order valence-corrected chi connectivity index (χ3v) is 10.1. The van der Waals surface area contributed by atoms with Crippen LogP contribution < -0.4 is 20.1 Å². The van der Waals surface area contributed by atoms with E-state index in [1.54, 1.807) is 11.8 Å². The SMILES string of the molecule is Cc1cc2[nH]ncc2c(-c2nc3c4c(nc(OC[C@@]56CCCN5C[C@H](F)C6)nc4c2F)N([C@@H](C)c2cc(F)cnc2N)CCO3)c1C(F)(F)F. The summed E-state index contributed by atoms with van der Waals surface area (Å²) < 4.78 is 102. The van der Waals surface area contributed by atoms with Crippen LogP contribution in [-0.2, 0) is 6.18 Å². The molecule has 3 aliphatic rings. The van der Waals surface area contributed by atoms with Crippen LogP contribution in [-0.4, -0.2) is 79.6 Å². The molecule has 0 unspecified atom stereocenters. The number of aromatic nitrogens is 6. The first-order valence-electron chi connectivity index (χ1n) is 16.1. The minimum Gasteiger partial charge on any atom is -0.475 e. The first-order chi connectivity index (χ1) is 23.8. The Morgan fingerprint density at radius 1 is 1.16 bits per heavy atom. The van der Waals surface area contributed by atoms with Crippen LogP contribution in [0.3, 0.4) is 0 Å². The van der Waals surface area contributed by atoms with Gasteiger partial charge in [-0.25, -0.2) is 23.1 Å². The van der Waals surface area contributed by atoms with Gasteiger partial charge in [-0.15, -0.1) is 0 Å². The van der Waals surface area contributed by atoms with Crippen molar-refractivity contribution in [3.05, 3.63) is 52.9 Å². The number of alkyl halides is 4. The molecule has 2 saturated heterocycles. The number of nitrogen functional groups attached to an aromatic ring is 1. The van der Waals surface area contributed by atoms with Crippen LogP contribution in [0, 0.1) is 18.6 Å². The van der Waals surface area contributed by atoms with Crippen molar-refractivity contribution in [3.63, 3.8) is 0 Å². The van der Waals surface area contributed by atoms with Crippen molar-refractivity contribution < 1.29 is 35.8 Å². The summed E-state index contributed by atoms with van der Waals surface area (Å²) >= 11 is 0. The fourth-order valence-corrected chi connectivity index (χ4v) is 7.82. The van der Waals surface area contributed by atoms with Gasteiger partial charge < -0.3 is 20.1 Å². The first kappa shape index (κ1) is 32.3. The topological polar surface area (TPSA) is 131 Å². The van der Waals surface area contributed by atoms with E-state index in [0.29, 0.717) is 18.5 Å². The third kappa shape index (κ3) is 5.12. The zero-order chi connectivity index (χ0) is 35.1. The van der Waals surface area contributed by atoms with Gasteiger partial charge in [0.2, 0.25) is 5.88 Å². The number of aryl methyl sites for hydroxylation is 1. The van der Waals surface area contributed by atoms with Crippen molar-refractivity contribution in [2.24, 2.45) is 0 Å². The van der Waals surface area contributed by atoms with E-state index in [1.807, 2.05) is 4.90 Å². The number of nitrogens with one attached hydrogen (secondary N) is 1. The Kier molecular flexibility index (Phi) is 7.47. The number of hydrogen-bond donors (Lipinski definition) is 2. The second-order valence-electron chi connectivity index (χ2n) is 13.1. The largest absolute Gasteiger partial charge is 0.475 e. The minimum absolute atomic E-state index is 0.00332. The van der Waals surface area contributed by atoms with Crippen molar-refractivity contribution in [2.45, 2.75) is 57.0 Å². The van der Waals surface area contributed by atoms with Crippen molar-refractivity contribution in [1.29, 1.82) is 0 Å². The summed E-state index contributed by atoms with van der Waals surface area (Å²) in [6.07, 6.45) is -1.99. The number of anilines is 2. The normalized spacial score (nSPS) is 21.4. The van der Waals surface area contributed by atoms with E-state index < -0.39 is 57.9 Å². The lowest BCUT2D eigenvalue weighted by Crippen LogP contribution is -2.43. The molecule has 17 heteroatoms. The van der Waals surface area contributed by atoms with Gasteiger partial charge in [0.05, 0.1) is 41.6 Å². The minimum atomic E-state index is -4.89. The number of H-pyrrole nitrogens is 1. The number of halogens is 6. The molecule has 8 rings (SSSR count). The van der Waals surface area contributed by atoms with E-state index in [2.05, 4.69) is 30.1 Å². The Bertz CT molecular complexity index is 2160. The van der Waals surface area contributed by atoms with Gasteiger partial charge in [0.15, 0.2) is 5.82 Å². The number of nitrogens with two attached hydrogens (primary N) is 1. The van der Waals surface area contributed by atoms with Gasteiger partial charge in [0.25, 0.3) is 0 Å². The summed E-state index contributed by atoms with van der Waals surface area (Å²) in [6, 6.07) is 1.53. The Hall–Kier alpha value is -4.93. The maximum absolute atomic E-state index is 17.1. The molecule has 50 heavy (non-hydrogen) atoms. The molecule has 262 valence electrons. The second-order valence-corrected chi connectivity index (χ2v) is 13.1. The summed E-state index contributed by atoms with van der Waals surface area (Å²) in [6.45, 7) is 4.00. The van der Waals surface area contributed by atoms with Crippen LogP contribution in [0.1, 0.15) is 48.9 Å². The predicted molar refractivity (Wildman–Crippen MR) is 171 cm³/mol. The molecule has 7 heterocycles. The van der Waals surface area contributed by atoms with E-state index in [9.17, 15) is 22.0 Å². The number of aromatic amines is 1. The standard InChI is InChI=1S/C33H31F6N9O2/c1-15-8-21-20(12-42-46-21)22(24(15)33(37,38)39)26-25(36)27-23-29(45-31(44-27)50-14-32-4-3-5-47(32)13-18(35)10-32)48(6-7-49-30(23)43-26)16(2)19-9-17(34)11-41-28(19)40/h8-9,11-12,16,18H,3-7,10,13-14H2,1-2H3,(H2,40,41)(H,42,46)/t16-,18+,32-/m0/s1. The molecule has 0 bridgehead atoms. The average molecular weight is 700 g/mol. The molecule has 0 amide bonds. The van der Waals surface area contributed by atoms with Gasteiger partial charge in [-0.3, -0.25) is 10.00 Å². The lowest BCUT2D eigenvalue weighted by atomic mass is 9.94. The molecular formula is C33H31F6N9O2. The van der Waals surface area contributed by atoms with E-state index in [1.165, 1.54) is 25.3 Å². The number of benzene rings is 1. The Morgan fingerprint density at radius 2 is 1.98 bits per heavy atom. The summed E-state index contributed by atoms with van der Waals surface area (Å²) in [5, 5.41) is 6.53. The van der Waals surface area contributed by atoms with E-state index in [0.717, 1.165) is 12.6 Å². The van der Waals surface area contributed by atoms with Gasteiger partial charge in [-0.05, 0) is 50.9 Å². The number of nitrogens with zero attached hydrogens (tertiary/aromatic N) is 7. The van der Waals surface area contributed by atoms with Gasteiger partial charge in [0, 0.05) is 29.5 Å². The number of ether oxygens (including phenoxy) is 2. The highest BCUT2D eigenvalue weighted by atomic mass is 19.4. The summed E-state index contributed by atoms with van der Waals surface area (Å²) in [5.74, 6) is -1.88. The van der Waals surface area contributed by atoms with Crippen LogP contribution in [0.5, 0.6) is 11.9 Å². The molecule has 4 aromatic heterocycles. The van der Waals surface area contributed by atoms with Crippen molar-refractivity contribution >= 4 is 33.4 Å². The first-order valence-corrected chi connectivity index (χ1v) is 16.1. The number of rotatable bonds is 6. The molecule has 5 aromatic rings. The molecule has 3 aliphatic heterocycles. The zero-order valence-corrected chi connectivity index (χ0v) is 26.9. The number of fused-ring (bicyclic) bond motifs is 2. The van der Waals surface area contributed by atoms with Gasteiger partial charge >= 0.3 is 12.2 Å². The fraction of sp³-hybridized carbons (Fsp3) is 0.424. The fourth-order valence-electron chi connectivity index (χ4n) is 7.82. The van der Waals surface area contributed by atoms with Crippen molar-refractivity contribution in [3.8, 4) is 23.1 Å². The molecule has 11 nitrogen and oxygen atoms in total. The van der Waals surface area contributed by atoms with E-state index in [-0.39, 0.29) is 78.1 Å². The molecule has 0 radical (unpaired) electrons. The molecule has 3 atom stereocenters. The molecule has 0 aliphatic carbocycles. The summed E-state index contributed by atoms with van der Waals surface area (Å²) in [5.41, 5.74) is 3.25. The average Bonchev–Trinajstić information content (AvgIpc) is 3.73. The van der Waals surface area contributed by atoms with Crippen LogP contribution in [0.4, 0.5) is 38.0 Å². The van der Waals surface area contributed by atoms with Gasteiger partial charge in [0.1, 0.15) is 53.4 Å². The predicted octanol–water partition coefficient (Wildman–Crippen LogP) is 6.07. The highest BCUT2D eigenvalue weighted by Gasteiger charge is 2.49. The lowest BCUT2D eigenvalue weighted by Gasteiger charge is -2.32. The van der Waals surface area contributed by atoms with Crippen molar-refractivity contribution in [2.75, 3.05) is 43.5 Å². The Balaban J connectivity index is 1.35. The summed E-state index contributed by atoms with van der Waals surface area (Å²) in [4.78, 5) is 21.1. The zero-order valence-electron chi connectivity index (χ0n) is 26.9. The third-order valence-electron chi connectivity index (χ3n) is 10.1. The van der Waals surface area contributed by atoms with Crippen LogP contribution in [0.25, 0.3) is 33.1 Å². The Morgan fingerprint density at radius 3 is 2.78 bits per heavy atom. The quantitative estimate of drug-likeness (QED) is 0.202. The van der Waals surface area contributed by atoms with Crippen LogP contribution >= 0.6 is 0 Å². The maximum atomic E-state index is 17.1. The molecule has 0 spiro atoms. The van der Waals surface area contributed by atoms with E-state index in [4.69, 9.17) is 15.2 Å². The van der Waals surface area contributed by atoms with Gasteiger partial charge in [-0.2, -0.15) is 28.2 Å². The Labute approximate surface area is 280 Å². The van der Waals surface area contributed by atoms with Crippen LogP contribution in [0.2, 0.25) is 0 Å². The van der Waals surface area contributed by atoms with Crippen LogP contribution in [0.15, 0.2) is 24.5 Å². The smallest absolute Gasteiger partial charge is 0.417 e. The molecule has 3 N–H and O–H groups in total. The maximum Gasteiger partial charge on any atom is 0.417 e. The molecule has 2 fully saturated rings. The highest BCUT2D eigenvalue weighted by molar-refractivity contribution is 6.02. The van der Waals surface area contributed by atoms with Gasteiger partial charge in [-0.1, -0.05) is 0 Å². The lowest BCUT2D eigenvalue weighted by molar-refractivity contribution is -0.137. The van der Waals surface area contributed by atoms with E-state index >= 15 is 4.39 Å². The monoisotopic (exact) mass is 699 g/mol. The molecule has 0 saturated carbocycles. The highest BCUT2D eigenvalue weighted by Crippen LogP contribution is 2.47. The summed E-state index contributed by atoms with van der Waals surface area (Å²) in [7, 11) is 0. The second kappa shape index (κ2) is 11.6. The van der Waals surface area contributed by atoms with Crippen molar-refractivity contribution in [1.82, 2.24) is 35.0 Å². The molecular weight excluding hydrogens is 668 g/mol. The number of hydrogen-bond acceptors (Lipinski definition) is 10. The molecule has 1 aromatic carbocycles. The number of pyridine rings is 2.